The molecular formula is C15H21N3. The zero-order valence-corrected chi connectivity index (χ0v) is 11.9. The zero-order chi connectivity index (χ0) is 13.6. The Morgan fingerprint density at radius 1 is 1.17 bits per heavy atom. The minimum absolute atomic E-state index is 0.264. The van der Waals surface area contributed by atoms with Gasteiger partial charge in [0.05, 0.1) is 6.04 Å². The number of hydrogen-bond acceptors (Lipinski definition) is 3. The Balaban J connectivity index is 2.53. The highest BCUT2D eigenvalue weighted by molar-refractivity contribution is 5.61. The predicted octanol–water partition coefficient (Wildman–Crippen LogP) is 3.13. The van der Waals surface area contributed by atoms with Crippen LogP contribution in [0.1, 0.15) is 23.7 Å². The summed E-state index contributed by atoms with van der Waals surface area (Å²) >= 11 is 0. The van der Waals surface area contributed by atoms with Crippen molar-refractivity contribution >= 4 is 5.82 Å². The lowest BCUT2D eigenvalue weighted by Gasteiger charge is -2.22. The van der Waals surface area contributed by atoms with E-state index >= 15 is 0 Å². The van der Waals surface area contributed by atoms with E-state index in [9.17, 15) is 0 Å². The molecular weight excluding hydrogens is 222 g/mol. The molecule has 0 bridgehead atoms. The van der Waals surface area contributed by atoms with Crippen molar-refractivity contribution in [3.8, 4) is 0 Å². The molecule has 1 aromatic heterocycles. The summed E-state index contributed by atoms with van der Waals surface area (Å²) in [5.41, 5.74) is 4.45. The third kappa shape index (κ3) is 1.70. The van der Waals surface area contributed by atoms with Gasteiger partial charge in [-0.15, -0.1) is 0 Å². The molecule has 0 aliphatic carbocycles. The number of likely N-dealkylation sites (N-methyl/N-ethyl adjacent to an activating group) is 1. The van der Waals surface area contributed by atoms with E-state index in [0.29, 0.717) is 0 Å². The van der Waals surface area contributed by atoms with E-state index in [1.165, 1.54) is 5.56 Å². The lowest BCUT2D eigenvalue weighted by molar-refractivity contribution is 0.404. The summed E-state index contributed by atoms with van der Waals surface area (Å²) in [4.78, 5) is 8.89. The first-order valence-corrected chi connectivity index (χ1v) is 6.20. The standard InChI is InChI=1S/C15H21N3/c1-9-8-10(2)15(16-11(9)3)18-13(5)12(4)17(7)14(18)6/h8,12H,5-6H2,1-4,7H3. The van der Waals surface area contributed by atoms with Crippen molar-refractivity contribution in [2.24, 2.45) is 0 Å². The van der Waals surface area contributed by atoms with Crippen LogP contribution in [0.25, 0.3) is 0 Å². The molecule has 0 N–H and O–H groups in total. The van der Waals surface area contributed by atoms with Crippen molar-refractivity contribution in [1.29, 1.82) is 0 Å². The zero-order valence-electron chi connectivity index (χ0n) is 11.9. The van der Waals surface area contributed by atoms with Crippen molar-refractivity contribution in [2.75, 3.05) is 11.9 Å². The molecule has 3 heteroatoms. The molecule has 1 aliphatic heterocycles. The third-order valence-corrected chi connectivity index (χ3v) is 3.86. The van der Waals surface area contributed by atoms with Crippen molar-refractivity contribution in [1.82, 2.24) is 9.88 Å². The van der Waals surface area contributed by atoms with E-state index in [1.807, 2.05) is 14.0 Å². The summed E-state index contributed by atoms with van der Waals surface area (Å²) in [6.07, 6.45) is 0. The van der Waals surface area contributed by atoms with E-state index in [4.69, 9.17) is 4.98 Å². The van der Waals surface area contributed by atoms with Gasteiger partial charge in [-0.1, -0.05) is 19.2 Å². The van der Waals surface area contributed by atoms with E-state index < -0.39 is 0 Å². The van der Waals surface area contributed by atoms with Gasteiger partial charge in [0.25, 0.3) is 0 Å². The Kier molecular flexibility index (Phi) is 2.93. The van der Waals surface area contributed by atoms with Crippen LogP contribution in [0.4, 0.5) is 5.82 Å². The van der Waals surface area contributed by atoms with Crippen molar-refractivity contribution in [3.05, 3.63) is 47.6 Å². The van der Waals surface area contributed by atoms with Crippen LogP contribution in [0, 0.1) is 20.8 Å². The molecule has 1 aromatic rings. The van der Waals surface area contributed by atoms with Gasteiger partial charge in [0.2, 0.25) is 0 Å². The van der Waals surface area contributed by atoms with E-state index in [0.717, 1.165) is 28.6 Å². The fraction of sp³-hybridized carbons (Fsp3) is 0.400. The highest BCUT2D eigenvalue weighted by atomic mass is 15.4. The monoisotopic (exact) mass is 243 g/mol. The van der Waals surface area contributed by atoms with E-state index in [2.05, 4.69) is 49.8 Å². The Morgan fingerprint density at radius 2 is 1.78 bits per heavy atom. The highest BCUT2D eigenvalue weighted by Gasteiger charge is 2.33. The Bertz CT molecular complexity index is 511. The summed E-state index contributed by atoms with van der Waals surface area (Å²) in [5.74, 6) is 1.88. The smallest absolute Gasteiger partial charge is 0.141 e. The fourth-order valence-electron chi connectivity index (χ4n) is 2.27. The number of rotatable bonds is 1. The van der Waals surface area contributed by atoms with Gasteiger partial charge < -0.3 is 4.90 Å². The molecule has 3 nitrogen and oxygen atoms in total. The van der Waals surface area contributed by atoms with Gasteiger partial charge in [0.15, 0.2) is 0 Å². The topological polar surface area (TPSA) is 19.4 Å². The van der Waals surface area contributed by atoms with Crippen LogP contribution in [0.3, 0.4) is 0 Å². The van der Waals surface area contributed by atoms with Gasteiger partial charge in [0.1, 0.15) is 11.6 Å². The Morgan fingerprint density at radius 3 is 2.28 bits per heavy atom. The number of pyridine rings is 1. The molecule has 0 aromatic carbocycles. The molecule has 18 heavy (non-hydrogen) atoms. The average Bonchev–Trinajstić information content (AvgIpc) is 2.50. The number of aromatic nitrogens is 1. The van der Waals surface area contributed by atoms with Crippen molar-refractivity contribution in [3.63, 3.8) is 0 Å². The number of nitrogens with zero attached hydrogens (tertiary/aromatic N) is 3. The lowest BCUT2D eigenvalue weighted by Crippen LogP contribution is -2.21. The van der Waals surface area contributed by atoms with Gasteiger partial charge in [0, 0.05) is 18.4 Å². The maximum atomic E-state index is 4.70. The Labute approximate surface area is 109 Å². The third-order valence-electron chi connectivity index (χ3n) is 3.86. The maximum Gasteiger partial charge on any atom is 0.141 e. The molecule has 1 aliphatic rings. The van der Waals surface area contributed by atoms with Crippen LogP contribution in [0.2, 0.25) is 0 Å². The summed E-state index contributed by atoms with van der Waals surface area (Å²) in [6, 6.07) is 2.43. The van der Waals surface area contributed by atoms with Crippen LogP contribution in [0.5, 0.6) is 0 Å². The van der Waals surface area contributed by atoms with Crippen LogP contribution in [-0.4, -0.2) is 23.0 Å². The summed E-state index contributed by atoms with van der Waals surface area (Å²) in [7, 11) is 2.04. The molecule has 96 valence electrons. The van der Waals surface area contributed by atoms with Gasteiger partial charge in [-0.2, -0.15) is 0 Å². The predicted molar refractivity (Wildman–Crippen MR) is 76.4 cm³/mol. The van der Waals surface area contributed by atoms with Gasteiger partial charge in [-0.3, -0.25) is 4.90 Å². The van der Waals surface area contributed by atoms with Crippen molar-refractivity contribution in [2.45, 2.75) is 33.7 Å². The van der Waals surface area contributed by atoms with Crippen LogP contribution < -0.4 is 4.90 Å². The second kappa shape index (κ2) is 4.16. The first-order chi connectivity index (χ1) is 8.34. The van der Waals surface area contributed by atoms with Gasteiger partial charge in [-0.05, 0) is 38.8 Å². The second-order valence-corrected chi connectivity index (χ2v) is 5.06. The number of hydrogen-bond donors (Lipinski definition) is 0. The lowest BCUT2D eigenvalue weighted by atomic mass is 10.1. The summed E-state index contributed by atoms with van der Waals surface area (Å²) < 4.78 is 0. The SMILES string of the molecule is C=C1C(C)N(C)C(=C)N1c1nc(C)c(C)cc1C. The molecule has 2 rings (SSSR count). The summed E-state index contributed by atoms with van der Waals surface area (Å²) in [5, 5.41) is 0. The minimum Gasteiger partial charge on any atom is -0.353 e. The average molecular weight is 243 g/mol. The molecule has 1 atom stereocenters. The molecule has 1 saturated heterocycles. The quantitative estimate of drug-likeness (QED) is 0.755. The van der Waals surface area contributed by atoms with Crippen molar-refractivity contribution < 1.29 is 0 Å². The first kappa shape index (κ1) is 12.7. The fourth-order valence-corrected chi connectivity index (χ4v) is 2.27. The Hall–Kier alpha value is -1.77. The number of aryl methyl sites for hydroxylation is 3. The molecule has 0 saturated carbocycles. The van der Waals surface area contributed by atoms with Crippen LogP contribution in [0.15, 0.2) is 30.7 Å². The first-order valence-electron chi connectivity index (χ1n) is 6.20. The van der Waals surface area contributed by atoms with Gasteiger partial charge >= 0.3 is 0 Å². The maximum absolute atomic E-state index is 4.70. The minimum atomic E-state index is 0.264. The molecule has 1 unspecified atom stereocenters. The normalized spacial score (nSPS) is 19.9. The van der Waals surface area contributed by atoms with Crippen LogP contribution >= 0.6 is 0 Å². The molecule has 0 amide bonds. The van der Waals surface area contributed by atoms with Gasteiger partial charge in [-0.25, -0.2) is 4.98 Å². The van der Waals surface area contributed by atoms with Crippen LogP contribution in [-0.2, 0) is 0 Å². The summed E-state index contributed by atoms with van der Waals surface area (Å²) in [6.45, 7) is 16.6. The largest absolute Gasteiger partial charge is 0.353 e. The number of anilines is 1. The van der Waals surface area contributed by atoms with E-state index in [-0.39, 0.29) is 6.04 Å². The molecule has 0 radical (unpaired) electrons. The van der Waals surface area contributed by atoms with E-state index in [1.54, 1.807) is 0 Å². The second-order valence-electron chi connectivity index (χ2n) is 5.06. The molecule has 0 spiro atoms. The highest BCUT2D eigenvalue weighted by Crippen LogP contribution is 2.35. The molecule has 1 fully saturated rings. The molecule has 2 heterocycles.